The predicted octanol–water partition coefficient (Wildman–Crippen LogP) is 4.03. The van der Waals surface area contributed by atoms with Gasteiger partial charge in [0.05, 0.1) is 7.11 Å². The summed E-state index contributed by atoms with van der Waals surface area (Å²) in [6, 6.07) is 13.5. The van der Waals surface area contributed by atoms with Crippen molar-refractivity contribution in [3.63, 3.8) is 0 Å². The number of thioether (sulfide) groups is 1. The molecule has 1 amide bonds. The SMILES string of the molecule is COc1ccc(C(=O)N2CCN(C)CC2)cc1CSc1ccc(Cl)cc1. The largest absolute Gasteiger partial charge is 0.496 e. The Bertz CT molecular complexity index is 759. The Morgan fingerprint density at radius 3 is 2.46 bits per heavy atom. The van der Waals surface area contributed by atoms with Crippen LogP contribution in [0.25, 0.3) is 0 Å². The number of rotatable bonds is 5. The summed E-state index contributed by atoms with van der Waals surface area (Å²) in [5.74, 6) is 1.63. The van der Waals surface area contributed by atoms with Gasteiger partial charge in [0.25, 0.3) is 5.91 Å². The number of nitrogens with zero attached hydrogens (tertiary/aromatic N) is 2. The number of amides is 1. The molecule has 2 aromatic carbocycles. The maximum Gasteiger partial charge on any atom is 0.253 e. The fraction of sp³-hybridized carbons (Fsp3) is 0.350. The van der Waals surface area contributed by atoms with Gasteiger partial charge in [0.2, 0.25) is 0 Å². The van der Waals surface area contributed by atoms with E-state index < -0.39 is 0 Å². The van der Waals surface area contributed by atoms with Crippen LogP contribution in [0.1, 0.15) is 15.9 Å². The fourth-order valence-corrected chi connectivity index (χ4v) is 3.91. The first kappa shape index (κ1) is 19.1. The third-order valence-corrected chi connectivity index (χ3v) is 5.84. The van der Waals surface area contributed by atoms with E-state index in [-0.39, 0.29) is 5.91 Å². The lowest BCUT2D eigenvalue weighted by Gasteiger charge is -2.32. The average molecular weight is 391 g/mol. The van der Waals surface area contributed by atoms with Crippen LogP contribution in [0.3, 0.4) is 0 Å². The van der Waals surface area contributed by atoms with E-state index in [0.717, 1.165) is 58.7 Å². The summed E-state index contributed by atoms with van der Waals surface area (Å²) in [5, 5.41) is 0.728. The molecule has 3 rings (SSSR count). The van der Waals surface area contributed by atoms with Crippen molar-refractivity contribution in [3.8, 4) is 5.75 Å². The zero-order valence-corrected chi connectivity index (χ0v) is 16.6. The van der Waals surface area contributed by atoms with Gasteiger partial charge in [-0.2, -0.15) is 0 Å². The van der Waals surface area contributed by atoms with Gasteiger partial charge in [-0.25, -0.2) is 0 Å². The Kier molecular flexibility index (Phi) is 6.46. The second-order valence-corrected chi connectivity index (χ2v) is 7.85. The summed E-state index contributed by atoms with van der Waals surface area (Å²) < 4.78 is 5.48. The van der Waals surface area contributed by atoms with Crippen molar-refractivity contribution in [1.82, 2.24) is 9.80 Å². The van der Waals surface area contributed by atoms with E-state index in [1.165, 1.54) is 0 Å². The topological polar surface area (TPSA) is 32.8 Å². The Morgan fingerprint density at radius 2 is 1.81 bits per heavy atom. The number of carbonyl (C=O) groups is 1. The minimum Gasteiger partial charge on any atom is -0.496 e. The number of hydrogen-bond acceptors (Lipinski definition) is 4. The van der Waals surface area contributed by atoms with Gasteiger partial charge in [0.1, 0.15) is 5.75 Å². The Morgan fingerprint density at radius 1 is 1.12 bits per heavy atom. The van der Waals surface area contributed by atoms with Gasteiger partial charge in [0.15, 0.2) is 0 Å². The molecule has 138 valence electrons. The molecule has 0 unspecified atom stereocenters. The number of hydrogen-bond donors (Lipinski definition) is 0. The first-order chi connectivity index (χ1) is 12.6. The molecule has 1 heterocycles. The highest BCUT2D eigenvalue weighted by molar-refractivity contribution is 7.98. The highest BCUT2D eigenvalue weighted by Gasteiger charge is 2.21. The van der Waals surface area contributed by atoms with Crippen LogP contribution in [0, 0.1) is 0 Å². The van der Waals surface area contributed by atoms with Gasteiger partial charge >= 0.3 is 0 Å². The molecule has 1 fully saturated rings. The van der Waals surface area contributed by atoms with Gasteiger partial charge in [-0.3, -0.25) is 4.79 Å². The summed E-state index contributed by atoms with van der Waals surface area (Å²) in [6.45, 7) is 3.38. The predicted molar refractivity (Wildman–Crippen MR) is 107 cm³/mol. The molecule has 0 aliphatic carbocycles. The highest BCUT2D eigenvalue weighted by atomic mass is 35.5. The smallest absolute Gasteiger partial charge is 0.253 e. The van der Waals surface area contributed by atoms with Crippen molar-refractivity contribution in [2.45, 2.75) is 10.6 Å². The molecule has 0 N–H and O–H groups in total. The van der Waals surface area contributed by atoms with Crippen LogP contribution in [0.4, 0.5) is 0 Å². The van der Waals surface area contributed by atoms with E-state index in [0.29, 0.717) is 0 Å². The highest BCUT2D eigenvalue weighted by Crippen LogP contribution is 2.30. The van der Waals surface area contributed by atoms with Crippen LogP contribution < -0.4 is 4.74 Å². The van der Waals surface area contributed by atoms with E-state index in [1.54, 1.807) is 18.9 Å². The number of likely N-dealkylation sites (N-methyl/N-ethyl adjacent to an activating group) is 1. The zero-order chi connectivity index (χ0) is 18.5. The molecule has 0 saturated carbocycles. The number of methoxy groups -OCH3 is 1. The summed E-state index contributed by atoms with van der Waals surface area (Å²) in [5.41, 5.74) is 1.74. The van der Waals surface area contributed by atoms with Crippen LogP contribution >= 0.6 is 23.4 Å². The molecule has 1 aliphatic heterocycles. The van der Waals surface area contributed by atoms with E-state index in [4.69, 9.17) is 16.3 Å². The summed E-state index contributed by atoms with van der Waals surface area (Å²) >= 11 is 7.64. The van der Waals surface area contributed by atoms with Crippen LogP contribution in [-0.2, 0) is 5.75 Å². The zero-order valence-electron chi connectivity index (χ0n) is 15.1. The standard InChI is InChI=1S/C20H23ClN2O2S/c1-22-9-11-23(12-10-22)20(24)15-3-8-19(25-2)16(13-15)14-26-18-6-4-17(21)5-7-18/h3-8,13H,9-12,14H2,1-2H3. The molecule has 1 aliphatic rings. The Balaban J connectivity index is 1.73. The third-order valence-electron chi connectivity index (χ3n) is 4.53. The van der Waals surface area contributed by atoms with Gasteiger partial charge in [0, 0.05) is 53.0 Å². The normalized spacial score (nSPS) is 15.1. The van der Waals surface area contributed by atoms with Crippen molar-refractivity contribution in [3.05, 3.63) is 58.6 Å². The summed E-state index contributed by atoms with van der Waals surface area (Å²) in [6.07, 6.45) is 0. The number of benzene rings is 2. The lowest BCUT2D eigenvalue weighted by Crippen LogP contribution is -2.47. The monoisotopic (exact) mass is 390 g/mol. The molecule has 0 bridgehead atoms. The Hall–Kier alpha value is -1.69. The molecular weight excluding hydrogens is 368 g/mol. The minimum absolute atomic E-state index is 0.0958. The van der Waals surface area contributed by atoms with Crippen molar-refractivity contribution >= 4 is 29.3 Å². The number of piperazine rings is 1. The first-order valence-electron chi connectivity index (χ1n) is 8.60. The molecule has 0 atom stereocenters. The molecule has 1 saturated heterocycles. The molecule has 0 spiro atoms. The minimum atomic E-state index is 0.0958. The molecule has 0 aromatic heterocycles. The second-order valence-electron chi connectivity index (χ2n) is 6.36. The molecule has 2 aromatic rings. The number of ether oxygens (including phenoxy) is 1. The van der Waals surface area contributed by atoms with Crippen LogP contribution in [0.2, 0.25) is 5.02 Å². The van der Waals surface area contributed by atoms with Crippen molar-refractivity contribution in [1.29, 1.82) is 0 Å². The summed E-state index contributed by atoms with van der Waals surface area (Å²) in [7, 11) is 3.75. The van der Waals surface area contributed by atoms with Crippen molar-refractivity contribution in [2.75, 3.05) is 40.3 Å². The third kappa shape index (κ3) is 4.72. The van der Waals surface area contributed by atoms with Crippen molar-refractivity contribution in [2.24, 2.45) is 0 Å². The van der Waals surface area contributed by atoms with E-state index >= 15 is 0 Å². The molecule has 26 heavy (non-hydrogen) atoms. The van der Waals surface area contributed by atoms with E-state index in [9.17, 15) is 4.79 Å². The maximum absolute atomic E-state index is 12.8. The quantitative estimate of drug-likeness (QED) is 0.721. The molecule has 6 heteroatoms. The Labute approximate surface area is 164 Å². The van der Waals surface area contributed by atoms with E-state index in [1.807, 2.05) is 47.4 Å². The van der Waals surface area contributed by atoms with E-state index in [2.05, 4.69) is 11.9 Å². The van der Waals surface area contributed by atoms with Crippen LogP contribution in [-0.4, -0.2) is 56.0 Å². The summed E-state index contributed by atoms with van der Waals surface area (Å²) in [4.78, 5) is 18.1. The average Bonchev–Trinajstić information content (AvgIpc) is 2.67. The fourth-order valence-electron chi connectivity index (χ4n) is 2.91. The number of halogens is 1. The van der Waals surface area contributed by atoms with Gasteiger partial charge < -0.3 is 14.5 Å². The van der Waals surface area contributed by atoms with Gasteiger partial charge in [-0.1, -0.05) is 11.6 Å². The van der Waals surface area contributed by atoms with Crippen LogP contribution in [0.5, 0.6) is 5.75 Å². The lowest BCUT2D eigenvalue weighted by molar-refractivity contribution is 0.0664. The number of carbonyl (C=O) groups excluding carboxylic acids is 1. The second kappa shape index (κ2) is 8.80. The van der Waals surface area contributed by atoms with Gasteiger partial charge in [-0.05, 0) is 49.5 Å². The van der Waals surface area contributed by atoms with Crippen LogP contribution in [0.15, 0.2) is 47.4 Å². The van der Waals surface area contributed by atoms with Crippen molar-refractivity contribution < 1.29 is 9.53 Å². The molecule has 0 radical (unpaired) electrons. The van der Waals surface area contributed by atoms with Gasteiger partial charge in [-0.15, -0.1) is 11.8 Å². The maximum atomic E-state index is 12.8. The molecule has 4 nitrogen and oxygen atoms in total. The first-order valence-corrected chi connectivity index (χ1v) is 9.96. The molecular formula is C20H23ClN2O2S. The lowest BCUT2D eigenvalue weighted by atomic mass is 10.1.